The van der Waals surface area contributed by atoms with E-state index in [0.717, 1.165) is 47.7 Å². The fourth-order valence-corrected chi connectivity index (χ4v) is 4.68. The van der Waals surface area contributed by atoms with E-state index in [0.29, 0.717) is 23.4 Å². The lowest BCUT2D eigenvalue weighted by molar-refractivity contribution is 0.407. The molecule has 1 N–H and O–H groups in total. The van der Waals surface area contributed by atoms with Gasteiger partial charge in [-0.25, -0.2) is 4.98 Å². The van der Waals surface area contributed by atoms with Gasteiger partial charge in [-0.3, -0.25) is 14.2 Å². The first-order valence-electron chi connectivity index (χ1n) is 10.9. The second-order valence-corrected chi connectivity index (χ2v) is 8.67. The molecule has 1 aliphatic rings. The summed E-state index contributed by atoms with van der Waals surface area (Å²) in [6, 6.07) is 8.52. The summed E-state index contributed by atoms with van der Waals surface area (Å²) in [5.41, 5.74) is 6.33. The minimum atomic E-state index is -0.0710. The van der Waals surface area contributed by atoms with Crippen LogP contribution in [0.3, 0.4) is 0 Å². The van der Waals surface area contributed by atoms with E-state index in [9.17, 15) is 4.79 Å². The molecule has 7 heteroatoms. The molecule has 0 aliphatic carbocycles. The standard InChI is InChI=1S/C24H28N6O/c1-5-20-22-8-18(13-29(22)12-17(4)26-20)21-9-24(31)30-14-19(6-7-23(30)27-21)28-10-15(2)25-16(3)11-28/h6-9,12-16,25H,5,10-11H2,1-4H3. The quantitative estimate of drug-likeness (QED) is 0.556. The van der Waals surface area contributed by atoms with Crippen molar-refractivity contribution < 1.29 is 0 Å². The molecule has 2 unspecified atom stereocenters. The van der Waals surface area contributed by atoms with Crippen LogP contribution in [0.5, 0.6) is 0 Å². The van der Waals surface area contributed by atoms with Crippen LogP contribution in [0, 0.1) is 6.92 Å². The van der Waals surface area contributed by atoms with E-state index in [1.807, 2.05) is 31.6 Å². The molecule has 0 saturated carbocycles. The Hall–Kier alpha value is -3.19. The molecule has 0 bridgehead atoms. The summed E-state index contributed by atoms with van der Waals surface area (Å²) < 4.78 is 3.73. The number of aromatic nitrogens is 4. The van der Waals surface area contributed by atoms with Crippen molar-refractivity contribution in [2.45, 2.75) is 46.2 Å². The molecule has 4 aromatic heterocycles. The van der Waals surface area contributed by atoms with Crippen molar-refractivity contribution in [3.63, 3.8) is 0 Å². The van der Waals surface area contributed by atoms with E-state index in [4.69, 9.17) is 4.98 Å². The van der Waals surface area contributed by atoms with E-state index < -0.39 is 0 Å². The van der Waals surface area contributed by atoms with Gasteiger partial charge in [0.1, 0.15) is 5.65 Å². The monoisotopic (exact) mass is 416 g/mol. The number of piperazine rings is 1. The summed E-state index contributed by atoms with van der Waals surface area (Å²) in [4.78, 5) is 24.8. The highest BCUT2D eigenvalue weighted by Crippen LogP contribution is 2.24. The van der Waals surface area contributed by atoms with Gasteiger partial charge in [0.15, 0.2) is 0 Å². The number of aryl methyl sites for hydroxylation is 2. The smallest absolute Gasteiger partial charge is 0.258 e. The SMILES string of the molecule is CCc1nc(C)cn2cc(-c3cc(=O)n4cc(N5CC(C)NC(C)C5)ccc4n3)cc12. The summed E-state index contributed by atoms with van der Waals surface area (Å²) in [5.74, 6) is 0. The van der Waals surface area contributed by atoms with E-state index in [1.54, 1.807) is 10.5 Å². The zero-order valence-electron chi connectivity index (χ0n) is 18.5. The molecule has 5 rings (SSSR count). The molecule has 2 atom stereocenters. The highest BCUT2D eigenvalue weighted by molar-refractivity contribution is 5.70. The molecule has 1 fully saturated rings. The molecule has 1 saturated heterocycles. The van der Waals surface area contributed by atoms with Crippen LogP contribution >= 0.6 is 0 Å². The number of anilines is 1. The summed E-state index contributed by atoms with van der Waals surface area (Å²) in [6.07, 6.45) is 6.80. The van der Waals surface area contributed by atoms with Gasteiger partial charge >= 0.3 is 0 Å². The summed E-state index contributed by atoms with van der Waals surface area (Å²) in [6.45, 7) is 10.3. The molecule has 0 radical (unpaired) electrons. The lowest BCUT2D eigenvalue weighted by atomic mass is 10.1. The van der Waals surface area contributed by atoms with Gasteiger partial charge in [-0.2, -0.15) is 0 Å². The van der Waals surface area contributed by atoms with Crippen LogP contribution in [0.25, 0.3) is 22.4 Å². The zero-order valence-corrected chi connectivity index (χ0v) is 18.5. The van der Waals surface area contributed by atoms with Gasteiger partial charge in [0.05, 0.1) is 28.3 Å². The topological polar surface area (TPSA) is 66.9 Å². The highest BCUT2D eigenvalue weighted by atomic mass is 16.1. The minimum absolute atomic E-state index is 0.0710. The van der Waals surface area contributed by atoms with E-state index in [2.05, 4.69) is 52.5 Å². The number of pyridine rings is 1. The first-order chi connectivity index (χ1) is 14.9. The van der Waals surface area contributed by atoms with Crippen LogP contribution in [0.1, 0.15) is 32.2 Å². The van der Waals surface area contributed by atoms with Crippen LogP contribution in [0.4, 0.5) is 5.69 Å². The van der Waals surface area contributed by atoms with E-state index >= 15 is 0 Å². The van der Waals surface area contributed by atoms with Gasteiger partial charge in [0.2, 0.25) is 0 Å². The third-order valence-corrected chi connectivity index (χ3v) is 5.98. The van der Waals surface area contributed by atoms with Crippen molar-refractivity contribution in [1.29, 1.82) is 0 Å². The second kappa shape index (κ2) is 7.50. The first-order valence-corrected chi connectivity index (χ1v) is 10.9. The normalized spacial score (nSPS) is 19.4. The Bertz CT molecular complexity index is 1330. The Morgan fingerprint density at radius 1 is 1.06 bits per heavy atom. The maximum absolute atomic E-state index is 13.0. The van der Waals surface area contributed by atoms with Gasteiger partial charge in [0.25, 0.3) is 5.56 Å². The second-order valence-electron chi connectivity index (χ2n) is 8.67. The number of hydrogen-bond acceptors (Lipinski definition) is 5. The first kappa shape index (κ1) is 19.8. The Morgan fingerprint density at radius 3 is 2.58 bits per heavy atom. The number of nitrogens with one attached hydrogen (secondary N) is 1. The third-order valence-electron chi connectivity index (χ3n) is 5.98. The van der Waals surface area contributed by atoms with Crippen LogP contribution in [-0.4, -0.2) is 43.9 Å². The van der Waals surface area contributed by atoms with Crippen LogP contribution in [-0.2, 0) is 6.42 Å². The Kier molecular flexibility index (Phi) is 4.78. The van der Waals surface area contributed by atoms with Gasteiger partial charge in [0, 0.05) is 55.4 Å². The highest BCUT2D eigenvalue weighted by Gasteiger charge is 2.21. The molecule has 7 nitrogen and oxygen atoms in total. The largest absolute Gasteiger partial charge is 0.367 e. The fourth-order valence-electron chi connectivity index (χ4n) is 4.68. The van der Waals surface area contributed by atoms with E-state index in [-0.39, 0.29) is 5.56 Å². The lowest BCUT2D eigenvalue weighted by Crippen LogP contribution is -2.54. The fraction of sp³-hybridized carbons (Fsp3) is 0.375. The Balaban J connectivity index is 1.56. The maximum Gasteiger partial charge on any atom is 0.258 e. The zero-order chi connectivity index (χ0) is 21.7. The van der Waals surface area contributed by atoms with Crippen molar-refractivity contribution in [2.24, 2.45) is 0 Å². The summed E-state index contributed by atoms with van der Waals surface area (Å²) >= 11 is 0. The molecular formula is C24H28N6O. The molecule has 31 heavy (non-hydrogen) atoms. The van der Waals surface area contributed by atoms with Crippen molar-refractivity contribution in [2.75, 3.05) is 18.0 Å². The van der Waals surface area contributed by atoms with Gasteiger partial charge in [-0.15, -0.1) is 0 Å². The molecule has 1 aliphatic heterocycles. The maximum atomic E-state index is 13.0. The van der Waals surface area contributed by atoms with Crippen molar-refractivity contribution in [1.82, 2.24) is 24.1 Å². The Labute approximate surface area is 181 Å². The van der Waals surface area contributed by atoms with Gasteiger partial charge < -0.3 is 14.6 Å². The average molecular weight is 417 g/mol. The van der Waals surface area contributed by atoms with Crippen LogP contribution in [0.2, 0.25) is 0 Å². The number of fused-ring (bicyclic) bond motifs is 2. The van der Waals surface area contributed by atoms with E-state index in [1.165, 1.54) is 0 Å². The molecule has 0 spiro atoms. The molecule has 160 valence electrons. The number of rotatable bonds is 3. The molecular weight excluding hydrogens is 388 g/mol. The lowest BCUT2D eigenvalue weighted by Gasteiger charge is -2.37. The minimum Gasteiger partial charge on any atom is -0.367 e. The Morgan fingerprint density at radius 2 is 1.84 bits per heavy atom. The molecule has 0 amide bonds. The average Bonchev–Trinajstić information content (AvgIpc) is 3.16. The molecule has 4 aromatic rings. The predicted octanol–water partition coefficient (Wildman–Crippen LogP) is 3.07. The number of hydrogen-bond donors (Lipinski definition) is 1. The van der Waals surface area contributed by atoms with Crippen LogP contribution < -0.4 is 15.8 Å². The van der Waals surface area contributed by atoms with Crippen molar-refractivity contribution in [3.05, 3.63) is 64.6 Å². The van der Waals surface area contributed by atoms with Crippen LogP contribution in [0.15, 0.2) is 47.7 Å². The van der Waals surface area contributed by atoms with Gasteiger partial charge in [-0.05, 0) is 45.4 Å². The third kappa shape index (κ3) is 3.59. The van der Waals surface area contributed by atoms with Gasteiger partial charge in [-0.1, -0.05) is 6.92 Å². The predicted molar refractivity (Wildman–Crippen MR) is 124 cm³/mol. The summed E-state index contributed by atoms with van der Waals surface area (Å²) in [5, 5.41) is 3.55. The molecule has 0 aromatic carbocycles. The van der Waals surface area contributed by atoms with Crippen molar-refractivity contribution in [3.8, 4) is 11.3 Å². The summed E-state index contributed by atoms with van der Waals surface area (Å²) in [7, 11) is 0. The number of nitrogens with zero attached hydrogens (tertiary/aromatic N) is 5. The molecule has 5 heterocycles. The van der Waals surface area contributed by atoms with Crippen molar-refractivity contribution >= 4 is 16.9 Å².